The lowest BCUT2D eigenvalue weighted by Crippen LogP contribution is -2.43. The van der Waals surface area contributed by atoms with Crippen molar-refractivity contribution < 1.29 is 22.8 Å². The Kier molecular flexibility index (Phi) is 3.53. The average molecular weight is 331 g/mol. The highest BCUT2D eigenvalue weighted by Crippen LogP contribution is 2.28. The van der Waals surface area contributed by atoms with Crippen molar-refractivity contribution in [2.75, 3.05) is 19.8 Å². The van der Waals surface area contributed by atoms with Gasteiger partial charge >= 0.3 is 0 Å². The summed E-state index contributed by atoms with van der Waals surface area (Å²) in [6, 6.07) is 5.59. The number of amides is 1. The van der Waals surface area contributed by atoms with Gasteiger partial charge in [-0.15, -0.1) is 10.2 Å². The van der Waals surface area contributed by atoms with Crippen molar-refractivity contribution in [2.45, 2.75) is 13.0 Å². The molecule has 0 radical (unpaired) electrons. The third-order valence-electron chi connectivity index (χ3n) is 3.92. The van der Waals surface area contributed by atoms with Gasteiger partial charge in [-0.25, -0.2) is 4.39 Å². The molecule has 1 fully saturated rings. The number of halogens is 1. The summed E-state index contributed by atoms with van der Waals surface area (Å²) in [6.45, 7) is 2.67. The first-order valence-electron chi connectivity index (χ1n) is 7.50. The predicted molar refractivity (Wildman–Crippen MR) is 79.8 cm³/mol. The van der Waals surface area contributed by atoms with Crippen LogP contribution in [0.5, 0.6) is 0 Å². The molecule has 0 bridgehead atoms. The zero-order chi connectivity index (χ0) is 16.7. The molecule has 7 nitrogen and oxygen atoms in total. The Labute approximate surface area is 136 Å². The first kappa shape index (κ1) is 14.8. The highest BCUT2D eigenvalue weighted by Gasteiger charge is 2.34. The van der Waals surface area contributed by atoms with Crippen LogP contribution < -0.4 is 0 Å². The first-order chi connectivity index (χ1) is 11.6. The van der Waals surface area contributed by atoms with E-state index in [1.165, 1.54) is 12.1 Å². The summed E-state index contributed by atoms with van der Waals surface area (Å²) >= 11 is 0. The van der Waals surface area contributed by atoms with Gasteiger partial charge in [0.05, 0.1) is 13.2 Å². The number of furan rings is 1. The van der Waals surface area contributed by atoms with E-state index in [0.717, 1.165) is 0 Å². The van der Waals surface area contributed by atoms with Crippen molar-refractivity contribution in [1.82, 2.24) is 15.1 Å². The number of hydrogen-bond donors (Lipinski definition) is 0. The van der Waals surface area contributed by atoms with Crippen molar-refractivity contribution in [1.29, 1.82) is 0 Å². The zero-order valence-electron chi connectivity index (χ0n) is 12.9. The minimum absolute atomic E-state index is 0.0678. The topological polar surface area (TPSA) is 81.6 Å². The Morgan fingerprint density at radius 2 is 2.21 bits per heavy atom. The van der Waals surface area contributed by atoms with E-state index in [2.05, 4.69) is 10.2 Å². The fourth-order valence-corrected chi connectivity index (χ4v) is 2.77. The molecule has 1 aromatic carbocycles. The van der Waals surface area contributed by atoms with E-state index < -0.39 is 11.9 Å². The smallest absolute Gasteiger partial charge is 0.290 e. The van der Waals surface area contributed by atoms with E-state index >= 15 is 0 Å². The summed E-state index contributed by atoms with van der Waals surface area (Å²) in [5.41, 5.74) is 0.0688. The van der Waals surface area contributed by atoms with Gasteiger partial charge < -0.3 is 18.5 Å². The van der Waals surface area contributed by atoms with Gasteiger partial charge in [0, 0.05) is 18.9 Å². The highest BCUT2D eigenvalue weighted by atomic mass is 19.1. The lowest BCUT2D eigenvalue weighted by atomic mass is 10.2. The van der Waals surface area contributed by atoms with Gasteiger partial charge in [-0.3, -0.25) is 4.79 Å². The van der Waals surface area contributed by atoms with Crippen LogP contribution in [0.2, 0.25) is 0 Å². The quantitative estimate of drug-likeness (QED) is 0.717. The standard InChI is InChI=1S/C16H14FN3O4/c1-9-18-19-15(23-9)12-8-22-6-5-20(12)16(21)13-7-10-3-2-4-11(17)14(10)24-13/h2-4,7,12H,5-6,8H2,1H3. The molecule has 0 aliphatic carbocycles. The third kappa shape index (κ3) is 2.44. The van der Waals surface area contributed by atoms with Gasteiger partial charge in [0.2, 0.25) is 11.8 Å². The second-order valence-electron chi connectivity index (χ2n) is 5.52. The number of hydrogen-bond acceptors (Lipinski definition) is 6. The fraction of sp³-hybridized carbons (Fsp3) is 0.312. The molecule has 1 unspecified atom stereocenters. The number of ether oxygens (including phenoxy) is 1. The van der Waals surface area contributed by atoms with Crippen LogP contribution in [0, 0.1) is 12.7 Å². The van der Waals surface area contributed by atoms with Crippen LogP contribution in [0.25, 0.3) is 11.0 Å². The summed E-state index contributed by atoms with van der Waals surface area (Å²) in [4.78, 5) is 14.4. The van der Waals surface area contributed by atoms with Crippen LogP contribution in [0.15, 0.2) is 33.1 Å². The molecule has 1 amide bonds. The molecule has 1 aliphatic rings. The molecule has 1 saturated heterocycles. The number of carbonyl (C=O) groups is 1. The summed E-state index contributed by atoms with van der Waals surface area (Å²) in [7, 11) is 0. The third-order valence-corrected chi connectivity index (χ3v) is 3.92. The second kappa shape index (κ2) is 5.72. The van der Waals surface area contributed by atoms with E-state index in [4.69, 9.17) is 13.6 Å². The van der Waals surface area contributed by atoms with Crippen LogP contribution in [0.4, 0.5) is 4.39 Å². The monoisotopic (exact) mass is 331 g/mol. The van der Waals surface area contributed by atoms with E-state index in [-0.39, 0.29) is 23.9 Å². The number of morpholine rings is 1. The van der Waals surface area contributed by atoms with Crippen molar-refractivity contribution in [3.05, 3.63) is 47.6 Å². The maximum absolute atomic E-state index is 13.8. The molecule has 2 aromatic heterocycles. The van der Waals surface area contributed by atoms with Crippen molar-refractivity contribution in [3.8, 4) is 0 Å². The summed E-state index contributed by atoms with van der Waals surface area (Å²) in [5.74, 6) is -0.0813. The number of fused-ring (bicyclic) bond motifs is 1. The molecule has 124 valence electrons. The lowest BCUT2D eigenvalue weighted by molar-refractivity contribution is -0.0120. The maximum Gasteiger partial charge on any atom is 0.290 e. The van der Waals surface area contributed by atoms with Crippen LogP contribution in [-0.2, 0) is 4.74 Å². The van der Waals surface area contributed by atoms with Crippen LogP contribution in [0.1, 0.15) is 28.4 Å². The Bertz CT molecular complexity index is 904. The minimum Gasteiger partial charge on any atom is -0.448 e. The molecule has 3 aromatic rings. The van der Waals surface area contributed by atoms with Crippen molar-refractivity contribution >= 4 is 16.9 Å². The fourth-order valence-electron chi connectivity index (χ4n) is 2.77. The Morgan fingerprint density at radius 3 is 2.96 bits per heavy atom. The van der Waals surface area contributed by atoms with Crippen LogP contribution >= 0.6 is 0 Å². The van der Waals surface area contributed by atoms with Gasteiger partial charge in [0.1, 0.15) is 6.04 Å². The average Bonchev–Trinajstić information content (AvgIpc) is 3.21. The molecule has 3 heterocycles. The van der Waals surface area contributed by atoms with Gasteiger partial charge in [0.25, 0.3) is 5.91 Å². The normalized spacial score (nSPS) is 18.2. The lowest BCUT2D eigenvalue weighted by Gasteiger charge is -2.32. The number of nitrogens with zero attached hydrogens (tertiary/aromatic N) is 3. The van der Waals surface area contributed by atoms with Gasteiger partial charge in [-0.1, -0.05) is 12.1 Å². The number of benzene rings is 1. The molecule has 4 rings (SSSR count). The SMILES string of the molecule is Cc1nnc(C2COCCN2C(=O)c2cc3cccc(F)c3o2)o1. The Balaban J connectivity index is 1.69. The van der Waals surface area contributed by atoms with E-state index in [1.807, 2.05) is 0 Å². The van der Waals surface area contributed by atoms with Crippen molar-refractivity contribution in [3.63, 3.8) is 0 Å². The molecule has 1 atom stereocenters. The largest absolute Gasteiger partial charge is 0.448 e. The molecule has 1 aliphatic heterocycles. The molecule has 24 heavy (non-hydrogen) atoms. The van der Waals surface area contributed by atoms with Gasteiger partial charge in [0.15, 0.2) is 17.2 Å². The minimum atomic E-state index is -0.502. The Hall–Kier alpha value is -2.74. The number of rotatable bonds is 2. The maximum atomic E-state index is 13.8. The van der Waals surface area contributed by atoms with Crippen molar-refractivity contribution in [2.24, 2.45) is 0 Å². The summed E-state index contributed by atoms with van der Waals surface area (Å²) < 4.78 is 30.1. The van der Waals surface area contributed by atoms with E-state index in [1.54, 1.807) is 24.0 Å². The summed E-state index contributed by atoms with van der Waals surface area (Å²) in [6.07, 6.45) is 0. The van der Waals surface area contributed by atoms with Gasteiger partial charge in [-0.2, -0.15) is 0 Å². The Morgan fingerprint density at radius 1 is 1.33 bits per heavy atom. The molecular formula is C16H14FN3O4. The number of carbonyl (C=O) groups excluding carboxylic acids is 1. The first-order valence-corrected chi connectivity index (χ1v) is 7.50. The van der Waals surface area contributed by atoms with Crippen LogP contribution in [-0.4, -0.2) is 40.8 Å². The van der Waals surface area contributed by atoms with E-state index in [0.29, 0.717) is 30.3 Å². The van der Waals surface area contributed by atoms with E-state index in [9.17, 15) is 9.18 Å². The highest BCUT2D eigenvalue weighted by molar-refractivity contribution is 5.96. The number of aryl methyl sites for hydroxylation is 1. The zero-order valence-corrected chi connectivity index (χ0v) is 12.9. The number of para-hydroxylation sites is 1. The molecule has 0 spiro atoms. The van der Waals surface area contributed by atoms with Gasteiger partial charge in [-0.05, 0) is 12.1 Å². The molecule has 0 saturated carbocycles. The summed E-state index contributed by atoms with van der Waals surface area (Å²) in [5, 5.41) is 8.30. The molecule has 0 N–H and O–H groups in total. The van der Waals surface area contributed by atoms with Crippen LogP contribution in [0.3, 0.4) is 0 Å². The number of aromatic nitrogens is 2. The molecular weight excluding hydrogens is 317 g/mol. The predicted octanol–water partition coefficient (Wildman–Crippen LogP) is 2.48. The second-order valence-corrected chi connectivity index (χ2v) is 5.52. The molecule has 8 heteroatoms.